The number of sulfone groups is 1. The van der Waals surface area contributed by atoms with Crippen LogP contribution in [0.1, 0.15) is 166 Å². The van der Waals surface area contributed by atoms with Crippen LogP contribution < -0.4 is 45.6 Å². The molecule has 0 fully saturated rings. The van der Waals surface area contributed by atoms with E-state index in [1.807, 2.05) is 18.2 Å². The zero-order valence-electron chi connectivity index (χ0n) is 60.6. The van der Waals surface area contributed by atoms with Crippen molar-refractivity contribution in [2.24, 2.45) is 0 Å². The number of hydrogen-bond donors (Lipinski definition) is 0. The zero-order valence-corrected chi connectivity index (χ0v) is 61.4. The topological polar surface area (TPSA) is 441 Å². The zero-order chi connectivity index (χ0) is 83.3. The molecule has 13 rings (SSSR count). The molecule has 0 bridgehead atoms. The van der Waals surface area contributed by atoms with Crippen LogP contribution in [0.15, 0.2) is 290 Å². The lowest BCUT2D eigenvalue weighted by Crippen LogP contribution is -2.23. The maximum Gasteiger partial charge on any atom is 0.206 e. The van der Waals surface area contributed by atoms with Gasteiger partial charge < -0.3 is 74.4 Å². The summed E-state index contributed by atoms with van der Waals surface area (Å²) in [6, 6.07) is 68.2. The monoisotopic (exact) mass is 1560 g/mol. The third kappa shape index (κ3) is 23.0. The summed E-state index contributed by atoms with van der Waals surface area (Å²) in [5, 5.41) is 88.3. The van der Waals surface area contributed by atoms with Gasteiger partial charge in [0.25, 0.3) is 0 Å². The van der Waals surface area contributed by atoms with Crippen molar-refractivity contribution in [3.63, 3.8) is 0 Å². The van der Waals surface area contributed by atoms with Crippen LogP contribution in [0, 0.1) is 0 Å². The second-order valence-corrected chi connectivity index (χ2v) is 26.4. The molecule has 2 aliphatic rings. The van der Waals surface area contributed by atoms with E-state index in [1.54, 1.807) is 140 Å². The van der Waals surface area contributed by atoms with Crippen LogP contribution in [0.2, 0.25) is 0 Å². The van der Waals surface area contributed by atoms with Crippen LogP contribution in [0.25, 0.3) is 55.6 Å². The average Bonchev–Trinajstić information content (AvgIpc) is 0.865. The van der Waals surface area contributed by atoms with E-state index in [9.17, 15) is 102 Å². The molecule has 2 aliphatic carbocycles. The number of carbonyl (C=O) groups is 11. The Hall–Kier alpha value is -15.5. The van der Waals surface area contributed by atoms with E-state index in [4.69, 9.17) is 4.74 Å². The molecule has 0 saturated carbocycles. The molecular weight excluding hydrogens is 1490 g/mol. The Kier molecular flexibility index (Phi) is 29.6. The summed E-state index contributed by atoms with van der Waals surface area (Å²) in [4.78, 5) is 130. The lowest BCUT2D eigenvalue weighted by atomic mass is 10.0. The second kappa shape index (κ2) is 39.2. The van der Waals surface area contributed by atoms with Crippen LogP contribution in [0.4, 0.5) is 0 Å². The second-order valence-electron chi connectivity index (χ2n) is 24.5. The average molecular weight is 1560 g/mol. The number of pyridine rings is 2. The van der Waals surface area contributed by atoms with Crippen molar-refractivity contribution in [1.29, 1.82) is 0 Å². The minimum absolute atomic E-state index is 0. The first kappa shape index (κ1) is 86.7. The fraction of sp³-hybridized carbons (Fsp3) is 0.0556. The van der Waals surface area contributed by atoms with Crippen LogP contribution >= 0.6 is 0 Å². The van der Waals surface area contributed by atoms with Crippen molar-refractivity contribution < 1.29 is 107 Å². The number of Topliss-reactive ketones (excluding diaryl/α,β-unsaturated/α-hetero) is 4. The minimum Gasteiger partial charge on any atom is -0.872 e. The number of carboxylic acid groups (broad SMARTS) is 6. The Morgan fingerprint density at radius 1 is 0.304 bits per heavy atom. The summed E-state index contributed by atoms with van der Waals surface area (Å²) < 4.78 is 30.2. The molecule has 0 saturated heterocycles. The number of aromatic nitrogens is 2. The Morgan fingerprint density at radius 3 is 1.03 bits per heavy atom. The van der Waals surface area contributed by atoms with Crippen molar-refractivity contribution in [3.05, 3.63) is 358 Å². The van der Waals surface area contributed by atoms with Gasteiger partial charge in [0.05, 0.1) is 68.0 Å². The number of benzene rings is 9. The van der Waals surface area contributed by atoms with Gasteiger partial charge in [0.1, 0.15) is 11.5 Å². The molecule has 2 heterocycles. The highest BCUT2D eigenvalue weighted by atomic mass is 32.2. The van der Waals surface area contributed by atoms with E-state index in [1.165, 1.54) is 137 Å². The Balaban J connectivity index is 0.000000191. The van der Waals surface area contributed by atoms with E-state index in [2.05, 4.69) is 23.1 Å². The van der Waals surface area contributed by atoms with E-state index >= 15 is 0 Å². The van der Waals surface area contributed by atoms with Crippen molar-refractivity contribution in [1.82, 2.24) is 9.97 Å². The molecule has 0 spiro atoms. The number of ether oxygens (including phenoxy) is 1. The van der Waals surface area contributed by atoms with Gasteiger partial charge in [-0.1, -0.05) is 183 Å². The van der Waals surface area contributed by atoms with Gasteiger partial charge >= 0.3 is 0 Å². The normalized spacial score (nSPS) is 10.3. The number of aromatic carboxylic acids is 6. The van der Waals surface area contributed by atoms with Gasteiger partial charge in [0.2, 0.25) is 9.84 Å². The summed E-state index contributed by atoms with van der Waals surface area (Å²) in [7, 11) is -3.75. The number of hydrogen-bond acceptors (Lipinski definition) is 24. The van der Waals surface area contributed by atoms with E-state index in [-0.39, 0.29) is 91.1 Å². The highest BCUT2D eigenvalue weighted by Gasteiger charge is 2.20. The third-order valence-electron chi connectivity index (χ3n) is 16.7. The fourth-order valence-electron chi connectivity index (χ4n) is 10.6. The molecule has 0 atom stereocenters. The molecule has 0 aliphatic heterocycles. The molecular formula is C90H64N2O22S-8. The predicted octanol–water partition coefficient (Wildman–Crippen LogP) is 8.13. The van der Waals surface area contributed by atoms with Gasteiger partial charge in [-0.05, 0) is 175 Å². The standard InChI is InChI=1S/C16H12O4.C15H10N2O3.C15H12O5S.C15H12O4.C15H12O3.C13H10O3.CH4/c1-10(17)11-2-4-12(5-3-11)15(18)13-6-8-14(9-7-13)16(19)20;1-8(18)11-6-4-9-2-3-10-5-7-12(15(19)20)17-14(10)13(9)16-11;1-10(16)11-2-6-13(7-3-11)21(19,20)14-8-4-12(5-9-14)15(17)18;1-10(16)11-2-6-13(7-3-11)19-14-8-4-12(5-9-14)15(17)18;1-10(16)13-3-2-4-14(9-13)11-5-7-12(8-6-11)15(17)18;1-8(14)11-7-12(13(15)16)10-6-4-2-3-5-9(10)11;/h2-9H,1H3,(H,19,20);2-7,18H,1H2,(H,19,20);2-9H,1H3,(H,17,18);2-9H,1H3,(H,17,18);2-9,16H,1H2,(H,17,18);2-7H,1H3,(H,15,16);1H4/p-8. The molecule has 115 heavy (non-hydrogen) atoms. The van der Waals surface area contributed by atoms with E-state index in [0.29, 0.717) is 72.6 Å². The van der Waals surface area contributed by atoms with Gasteiger partial charge in [0, 0.05) is 49.7 Å². The summed E-state index contributed by atoms with van der Waals surface area (Å²) in [5.41, 5.74) is 7.35. The number of ketones is 5. The summed E-state index contributed by atoms with van der Waals surface area (Å²) >= 11 is 0. The molecule has 11 aromatic rings. The van der Waals surface area contributed by atoms with Crippen LogP contribution in [-0.4, -0.2) is 83.1 Å². The quantitative estimate of drug-likeness (QED) is 0.0418. The van der Waals surface area contributed by atoms with Gasteiger partial charge in [-0.2, -0.15) is 0 Å². The van der Waals surface area contributed by atoms with Crippen LogP contribution in [-0.2, 0) is 9.84 Å². The Bertz CT molecular complexity index is 5670. The molecule has 9 aromatic carbocycles. The molecule has 2 aromatic heterocycles. The minimum atomic E-state index is -3.75. The van der Waals surface area contributed by atoms with Crippen molar-refractivity contribution in [2.45, 2.75) is 44.9 Å². The number of carbonyl (C=O) groups excluding carboxylic acids is 11. The fourth-order valence-corrected chi connectivity index (χ4v) is 11.9. The van der Waals surface area contributed by atoms with Gasteiger partial charge in [-0.25, -0.2) is 18.4 Å². The molecule has 0 radical (unpaired) electrons. The largest absolute Gasteiger partial charge is 0.872 e. The van der Waals surface area contributed by atoms with Crippen molar-refractivity contribution >= 4 is 108 Å². The van der Waals surface area contributed by atoms with Gasteiger partial charge in [-0.3, -0.25) is 24.0 Å². The Morgan fingerprint density at radius 2 is 0.652 bits per heavy atom. The van der Waals surface area contributed by atoms with E-state index < -0.39 is 51.4 Å². The maximum absolute atomic E-state index is 12.3. The maximum atomic E-state index is 12.3. The number of rotatable bonds is 19. The molecule has 0 unspecified atom stereocenters. The van der Waals surface area contributed by atoms with Crippen LogP contribution in [0.3, 0.4) is 0 Å². The summed E-state index contributed by atoms with van der Waals surface area (Å²) in [6.07, 6.45) is 0. The Labute approximate surface area is 658 Å². The number of fused-ring (bicyclic) bond motifs is 4. The van der Waals surface area contributed by atoms with Gasteiger partial charge in [0.15, 0.2) is 28.9 Å². The highest BCUT2D eigenvalue weighted by molar-refractivity contribution is 7.91. The third-order valence-corrected chi connectivity index (χ3v) is 18.4. The smallest absolute Gasteiger partial charge is 0.206 e. The SMILES string of the molecule is C.C=C([O-])c1ccc2ccc3ccc(C(=O)[O-])nc3c2n1.C=C([O-])c1cccc(-c2ccc(C(=O)[O-])cc2)c1.CC(=O)c1cc(C(=O)[O-])c2cccccc1-2.CC(=O)c1ccc(C(=O)c2ccc(C(=O)[O-])cc2)cc1.CC(=O)c1ccc(Oc2ccc(C(=O)[O-])cc2)cc1.CC(=O)c1ccc(S(=O)(=O)c2ccc(C(=O)[O-])cc2)cc1. The summed E-state index contributed by atoms with van der Waals surface area (Å²) in [6.45, 7) is 12.4. The molecule has 580 valence electrons. The molecule has 25 heteroatoms. The highest BCUT2D eigenvalue weighted by Crippen LogP contribution is 2.33. The number of carboxylic acids is 6. The van der Waals surface area contributed by atoms with Crippen molar-refractivity contribution in [2.75, 3.05) is 0 Å². The van der Waals surface area contributed by atoms with Crippen molar-refractivity contribution in [3.8, 4) is 33.8 Å². The van der Waals surface area contributed by atoms with Crippen LogP contribution in [0.5, 0.6) is 11.5 Å². The van der Waals surface area contributed by atoms with Gasteiger partial charge in [-0.15, -0.1) is 18.9 Å². The first-order chi connectivity index (χ1) is 54.1. The van der Waals surface area contributed by atoms with E-state index in [0.717, 1.165) is 21.9 Å². The lowest BCUT2D eigenvalue weighted by Gasteiger charge is -2.11. The lowest BCUT2D eigenvalue weighted by molar-refractivity contribution is -0.256. The predicted molar refractivity (Wildman–Crippen MR) is 410 cm³/mol. The first-order valence-electron chi connectivity index (χ1n) is 33.7. The molecule has 0 N–H and O–H groups in total. The number of nitrogens with zero attached hydrogens (tertiary/aromatic N) is 2. The molecule has 24 nitrogen and oxygen atoms in total. The summed E-state index contributed by atoms with van der Waals surface area (Å²) in [5.74, 6) is -7.87. The molecule has 0 amide bonds. The first-order valence-corrected chi connectivity index (χ1v) is 35.2.